The average Bonchev–Trinajstić information content (AvgIpc) is 2.62. The van der Waals surface area contributed by atoms with Gasteiger partial charge in [0.05, 0.1) is 31.5 Å². The summed E-state index contributed by atoms with van der Waals surface area (Å²) in [6.45, 7) is 3.82. The molecule has 2 aromatic rings. The predicted molar refractivity (Wildman–Crippen MR) is 95.5 cm³/mol. The van der Waals surface area contributed by atoms with Crippen molar-refractivity contribution in [3.05, 3.63) is 58.7 Å². The average molecular weight is 359 g/mol. The van der Waals surface area contributed by atoms with Crippen LogP contribution in [0.25, 0.3) is 0 Å². The monoisotopic (exact) mass is 359 g/mol. The molecule has 6 nitrogen and oxygen atoms in total. The van der Waals surface area contributed by atoms with Crippen molar-refractivity contribution in [3.63, 3.8) is 0 Å². The minimum Gasteiger partial charge on any atom is -0.496 e. The summed E-state index contributed by atoms with van der Waals surface area (Å²) < 4.78 is 18.9. The Morgan fingerprint density at radius 3 is 2.62 bits per heavy atom. The van der Waals surface area contributed by atoms with E-state index in [0.29, 0.717) is 5.69 Å². The number of hydrogen-bond acceptors (Lipinski definition) is 4. The molecule has 0 saturated heterocycles. The van der Waals surface area contributed by atoms with Crippen LogP contribution < -0.4 is 10.1 Å². The summed E-state index contributed by atoms with van der Waals surface area (Å²) in [5.74, 6) is -0.826. The molecule has 7 heteroatoms. The maximum atomic E-state index is 13.6. The molecule has 0 aliphatic rings. The zero-order valence-corrected chi connectivity index (χ0v) is 15.3. The zero-order valence-electron chi connectivity index (χ0n) is 15.3. The van der Waals surface area contributed by atoms with Crippen molar-refractivity contribution in [1.82, 2.24) is 15.2 Å². The lowest BCUT2D eigenvalue weighted by molar-refractivity contribution is -0.129. The lowest BCUT2D eigenvalue weighted by atomic mass is 10.1. The number of likely N-dealkylation sites (N-methyl/N-ethyl adjacent to an activating group) is 1. The topological polar surface area (TPSA) is 71.5 Å². The third-order valence-corrected chi connectivity index (χ3v) is 4.08. The molecule has 2 amide bonds. The minimum atomic E-state index is -0.629. The van der Waals surface area contributed by atoms with Crippen LogP contribution in [0.4, 0.5) is 4.39 Å². The summed E-state index contributed by atoms with van der Waals surface area (Å²) in [6.07, 6.45) is 1.69. The Morgan fingerprint density at radius 2 is 1.96 bits per heavy atom. The van der Waals surface area contributed by atoms with Crippen molar-refractivity contribution in [3.8, 4) is 5.75 Å². The third-order valence-electron chi connectivity index (χ3n) is 4.08. The number of amides is 2. The number of halogens is 1. The Kier molecular flexibility index (Phi) is 6.27. The summed E-state index contributed by atoms with van der Waals surface area (Å²) in [6, 6.07) is 5.62. The second kappa shape index (κ2) is 8.42. The van der Waals surface area contributed by atoms with Crippen molar-refractivity contribution in [2.45, 2.75) is 20.4 Å². The zero-order chi connectivity index (χ0) is 19.3. The van der Waals surface area contributed by atoms with Crippen LogP contribution in [0.2, 0.25) is 0 Å². The van der Waals surface area contributed by atoms with Gasteiger partial charge in [-0.2, -0.15) is 0 Å². The Hall–Kier alpha value is -2.96. The number of carbonyl (C=O) groups excluding carboxylic acids is 2. The van der Waals surface area contributed by atoms with Gasteiger partial charge in [-0.15, -0.1) is 0 Å². The first-order valence-corrected chi connectivity index (χ1v) is 8.11. The summed E-state index contributed by atoms with van der Waals surface area (Å²) in [7, 11) is 3.21. The number of hydrogen-bond donors (Lipinski definition) is 1. The van der Waals surface area contributed by atoms with Gasteiger partial charge in [-0.1, -0.05) is 12.1 Å². The predicted octanol–water partition coefficient (Wildman–Crippen LogP) is 2.23. The molecule has 1 aromatic carbocycles. The van der Waals surface area contributed by atoms with Crippen molar-refractivity contribution >= 4 is 11.8 Å². The van der Waals surface area contributed by atoms with Crippen LogP contribution in [-0.2, 0) is 11.3 Å². The summed E-state index contributed by atoms with van der Waals surface area (Å²) in [4.78, 5) is 30.0. The number of rotatable bonds is 6. The number of benzene rings is 1. The number of aromatic nitrogens is 1. The quantitative estimate of drug-likeness (QED) is 0.859. The van der Waals surface area contributed by atoms with Crippen LogP contribution in [0.15, 0.2) is 30.5 Å². The van der Waals surface area contributed by atoms with Crippen LogP contribution in [-0.4, -0.2) is 42.4 Å². The van der Waals surface area contributed by atoms with E-state index >= 15 is 0 Å². The van der Waals surface area contributed by atoms with Crippen molar-refractivity contribution in [1.29, 1.82) is 0 Å². The number of pyridine rings is 1. The van der Waals surface area contributed by atoms with E-state index in [1.165, 1.54) is 23.1 Å². The molecule has 0 aliphatic heterocycles. The van der Waals surface area contributed by atoms with Crippen LogP contribution in [0.1, 0.15) is 27.2 Å². The second-order valence-electron chi connectivity index (χ2n) is 5.96. The van der Waals surface area contributed by atoms with Gasteiger partial charge in [0.25, 0.3) is 5.91 Å². The van der Waals surface area contributed by atoms with Crippen molar-refractivity contribution in [2.75, 3.05) is 20.7 Å². The maximum Gasteiger partial charge on any atom is 0.254 e. The Balaban J connectivity index is 1.98. The molecular formula is C19H22FN3O3. The van der Waals surface area contributed by atoms with Crippen molar-refractivity contribution < 1.29 is 18.7 Å². The summed E-state index contributed by atoms with van der Waals surface area (Å²) in [5, 5.41) is 2.44. The highest BCUT2D eigenvalue weighted by atomic mass is 19.1. The van der Waals surface area contributed by atoms with Crippen LogP contribution in [0.5, 0.6) is 5.75 Å². The molecule has 0 fully saturated rings. The lowest BCUT2D eigenvalue weighted by Crippen LogP contribution is -2.38. The van der Waals surface area contributed by atoms with E-state index in [1.807, 2.05) is 13.8 Å². The van der Waals surface area contributed by atoms with E-state index in [0.717, 1.165) is 16.9 Å². The molecule has 0 unspecified atom stereocenters. The van der Waals surface area contributed by atoms with Gasteiger partial charge in [-0.05, 0) is 26.0 Å². The molecule has 0 bridgehead atoms. The van der Waals surface area contributed by atoms with Gasteiger partial charge >= 0.3 is 0 Å². The fourth-order valence-corrected chi connectivity index (χ4v) is 2.57. The van der Waals surface area contributed by atoms with Gasteiger partial charge < -0.3 is 15.0 Å². The second-order valence-corrected chi connectivity index (χ2v) is 5.96. The molecule has 0 saturated carbocycles. The molecule has 0 radical (unpaired) electrons. The molecular weight excluding hydrogens is 337 g/mol. The number of aryl methyl sites for hydroxylation is 1. The summed E-state index contributed by atoms with van der Waals surface area (Å²) in [5.41, 5.74) is 2.40. The number of carbonyl (C=O) groups is 2. The van der Waals surface area contributed by atoms with E-state index in [2.05, 4.69) is 10.3 Å². The smallest absolute Gasteiger partial charge is 0.254 e. The first-order valence-electron chi connectivity index (χ1n) is 8.11. The Bertz CT molecular complexity index is 824. The van der Waals surface area contributed by atoms with E-state index in [-0.39, 0.29) is 24.6 Å². The number of ether oxygens (including phenoxy) is 1. The highest BCUT2D eigenvalue weighted by Gasteiger charge is 2.17. The largest absolute Gasteiger partial charge is 0.496 e. The van der Waals surface area contributed by atoms with E-state index in [1.54, 1.807) is 26.4 Å². The van der Waals surface area contributed by atoms with Crippen LogP contribution >= 0.6 is 0 Å². The van der Waals surface area contributed by atoms with Crippen molar-refractivity contribution in [2.24, 2.45) is 0 Å². The molecule has 0 atom stereocenters. The van der Waals surface area contributed by atoms with E-state index in [4.69, 9.17) is 4.74 Å². The molecule has 1 aromatic heterocycles. The fourth-order valence-electron chi connectivity index (χ4n) is 2.57. The number of methoxy groups -OCH3 is 1. The SMILES string of the molecule is COc1c(C)cnc(CN(C)C(=O)CNC(=O)c2ccccc2F)c1C. The molecule has 2 rings (SSSR count). The normalized spacial score (nSPS) is 10.3. The molecule has 1 N–H and O–H groups in total. The molecule has 0 spiro atoms. The fraction of sp³-hybridized carbons (Fsp3) is 0.316. The minimum absolute atomic E-state index is 0.0938. The van der Waals surface area contributed by atoms with Gasteiger partial charge in [0.2, 0.25) is 5.91 Å². The van der Waals surface area contributed by atoms with E-state index < -0.39 is 11.7 Å². The first kappa shape index (κ1) is 19.4. The molecule has 26 heavy (non-hydrogen) atoms. The maximum absolute atomic E-state index is 13.6. The van der Waals surface area contributed by atoms with Gasteiger partial charge in [0, 0.05) is 24.4 Å². The molecule has 1 heterocycles. The Labute approximate surface area is 152 Å². The van der Waals surface area contributed by atoms with Gasteiger partial charge in [-0.3, -0.25) is 14.6 Å². The highest BCUT2D eigenvalue weighted by molar-refractivity contribution is 5.96. The number of nitrogens with zero attached hydrogens (tertiary/aromatic N) is 2. The standard InChI is InChI=1S/C19H22FN3O3/c1-12-9-21-16(13(2)18(12)26-4)11-23(3)17(24)10-22-19(25)14-7-5-6-8-15(14)20/h5-9H,10-11H2,1-4H3,(H,22,25). The Morgan fingerprint density at radius 1 is 1.27 bits per heavy atom. The van der Waals surface area contributed by atoms with Gasteiger partial charge in [-0.25, -0.2) is 4.39 Å². The van der Waals surface area contributed by atoms with Crippen LogP contribution in [0, 0.1) is 19.7 Å². The first-order chi connectivity index (χ1) is 12.3. The van der Waals surface area contributed by atoms with E-state index in [9.17, 15) is 14.0 Å². The molecule has 0 aliphatic carbocycles. The lowest BCUT2D eigenvalue weighted by Gasteiger charge is -2.19. The van der Waals surface area contributed by atoms with Crippen LogP contribution in [0.3, 0.4) is 0 Å². The van der Waals surface area contributed by atoms with Gasteiger partial charge in [0.1, 0.15) is 11.6 Å². The highest BCUT2D eigenvalue weighted by Crippen LogP contribution is 2.24. The summed E-state index contributed by atoms with van der Waals surface area (Å²) >= 11 is 0. The number of nitrogens with one attached hydrogen (secondary N) is 1. The molecule has 138 valence electrons. The van der Waals surface area contributed by atoms with Gasteiger partial charge in [0.15, 0.2) is 0 Å². The third kappa shape index (κ3) is 4.36.